The van der Waals surface area contributed by atoms with E-state index >= 15 is 0 Å². The van der Waals surface area contributed by atoms with Gasteiger partial charge in [-0.1, -0.05) is 29.8 Å². The van der Waals surface area contributed by atoms with Crippen molar-refractivity contribution in [2.45, 2.75) is 51.0 Å². The Morgan fingerprint density at radius 3 is 2.89 bits per heavy atom. The van der Waals surface area contributed by atoms with Crippen molar-refractivity contribution in [3.8, 4) is 0 Å². The maximum Gasteiger partial charge on any atom is 0.259 e. The van der Waals surface area contributed by atoms with E-state index in [2.05, 4.69) is 60.4 Å². The van der Waals surface area contributed by atoms with Crippen molar-refractivity contribution in [2.75, 3.05) is 25.0 Å². The molecule has 1 aromatic heterocycles. The molecule has 1 aromatic carbocycles. The fraction of sp³-hybridized carbons (Fsp3) is 0.545. The van der Waals surface area contributed by atoms with Gasteiger partial charge in [-0.25, -0.2) is 4.68 Å². The molecule has 1 amide bonds. The monoisotopic (exact) mass is 364 g/mol. The maximum absolute atomic E-state index is 13.4. The number of aryl methyl sites for hydroxylation is 1. The number of hydrogen-bond acceptors (Lipinski definition) is 3. The van der Waals surface area contributed by atoms with E-state index in [-0.39, 0.29) is 16.9 Å². The SMILES string of the molecule is Cc1cccc(C23CCC2CN(C(=O)c2cnn4c2NCCC4(C)C)C3)c1. The smallest absolute Gasteiger partial charge is 0.259 e. The molecule has 0 spiro atoms. The number of carbonyl (C=O) groups is 1. The molecule has 0 radical (unpaired) electrons. The summed E-state index contributed by atoms with van der Waals surface area (Å²) in [6, 6.07) is 8.86. The lowest BCUT2D eigenvalue weighted by atomic mass is 9.58. The molecule has 5 nitrogen and oxygen atoms in total. The zero-order valence-electron chi connectivity index (χ0n) is 16.5. The average Bonchev–Trinajstić information content (AvgIpc) is 3.16. The molecular weight excluding hydrogens is 336 g/mol. The van der Waals surface area contributed by atoms with Crippen molar-refractivity contribution >= 4 is 11.7 Å². The van der Waals surface area contributed by atoms with Crippen LogP contribution in [0.3, 0.4) is 0 Å². The van der Waals surface area contributed by atoms with Crippen LogP contribution in [0.4, 0.5) is 5.82 Å². The minimum Gasteiger partial charge on any atom is -0.370 e. The molecule has 5 heteroatoms. The minimum atomic E-state index is -0.0497. The van der Waals surface area contributed by atoms with Gasteiger partial charge in [-0.15, -0.1) is 0 Å². The van der Waals surface area contributed by atoms with Gasteiger partial charge in [-0.05, 0) is 51.5 Å². The summed E-state index contributed by atoms with van der Waals surface area (Å²) in [6.45, 7) is 9.09. The average molecular weight is 364 g/mol. The van der Waals surface area contributed by atoms with Crippen molar-refractivity contribution in [1.82, 2.24) is 14.7 Å². The topological polar surface area (TPSA) is 50.2 Å². The van der Waals surface area contributed by atoms with Crippen LogP contribution in [0.2, 0.25) is 0 Å². The normalized spacial score (nSPS) is 28.1. The van der Waals surface area contributed by atoms with E-state index in [9.17, 15) is 4.79 Å². The Hall–Kier alpha value is -2.30. The lowest BCUT2D eigenvalue weighted by Gasteiger charge is -2.44. The fourth-order valence-corrected chi connectivity index (χ4v) is 5.32. The number of nitrogens with zero attached hydrogens (tertiary/aromatic N) is 3. The van der Waals surface area contributed by atoms with Crippen molar-refractivity contribution < 1.29 is 4.79 Å². The summed E-state index contributed by atoms with van der Waals surface area (Å²) in [5.74, 6) is 1.60. The fourth-order valence-electron chi connectivity index (χ4n) is 5.32. The Bertz CT molecular complexity index is 915. The predicted molar refractivity (Wildman–Crippen MR) is 106 cm³/mol. The molecule has 3 heterocycles. The second-order valence-corrected chi connectivity index (χ2v) is 9.25. The quantitative estimate of drug-likeness (QED) is 0.887. The molecule has 0 bridgehead atoms. The number of likely N-dealkylation sites (tertiary alicyclic amines) is 1. The van der Waals surface area contributed by atoms with Crippen molar-refractivity contribution in [3.63, 3.8) is 0 Å². The van der Waals surface area contributed by atoms with Gasteiger partial charge in [0.2, 0.25) is 0 Å². The van der Waals surface area contributed by atoms with Crippen LogP contribution in [-0.4, -0.2) is 40.2 Å². The molecule has 1 N–H and O–H groups in total. The van der Waals surface area contributed by atoms with Crippen LogP contribution in [-0.2, 0) is 11.0 Å². The van der Waals surface area contributed by atoms with Crippen LogP contribution >= 0.6 is 0 Å². The molecule has 2 atom stereocenters. The summed E-state index contributed by atoms with van der Waals surface area (Å²) < 4.78 is 1.99. The molecule has 2 unspecified atom stereocenters. The number of rotatable bonds is 2. The number of amides is 1. The summed E-state index contributed by atoms with van der Waals surface area (Å²) in [7, 11) is 0. The van der Waals surface area contributed by atoms with E-state index in [4.69, 9.17) is 0 Å². The highest BCUT2D eigenvalue weighted by molar-refractivity contribution is 5.99. The number of hydrogen-bond donors (Lipinski definition) is 1. The molecule has 3 aliphatic rings. The number of nitrogens with one attached hydrogen (secondary N) is 1. The molecule has 142 valence electrons. The maximum atomic E-state index is 13.4. The Morgan fingerprint density at radius 1 is 1.30 bits per heavy atom. The highest BCUT2D eigenvalue weighted by Gasteiger charge is 2.55. The first-order chi connectivity index (χ1) is 12.9. The zero-order chi connectivity index (χ0) is 18.8. The number of carbonyl (C=O) groups excluding carboxylic acids is 1. The first-order valence-electron chi connectivity index (χ1n) is 10.1. The molecule has 5 rings (SSSR count). The standard InChI is InChI=1S/C22H28N4O/c1-15-5-4-6-16(11-15)22-8-7-17(22)13-25(14-22)20(27)18-12-24-26-19(18)23-10-9-21(26,2)3/h4-6,11-12,17,23H,7-10,13-14H2,1-3H3. The van der Waals surface area contributed by atoms with E-state index in [1.165, 1.54) is 24.0 Å². The van der Waals surface area contributed by atoms with Gasteiger partial charge >= 0.3 is 0 Å². The van der Waals surface area contributed by atoms with Gasteiger partial charge in [-0.3, -0.25) is 4.79 Å². The zero-order valence-corrected chi connectivity index (χ0v) is 16.5. The lowest BCUT2D eigenvalue weighted by molar-refractivity contribution is 0.0785. The Kier molecular flexibility index (Phi) is 3.49. The van der Waals surface area contributed by atoms with Crippen LogP contribution < -0.4 is 5.32 Å². The van der Waals surface area contributed by atoms with Crippen molar-refractivity contribution in [2.24, 2.45) is 5.92 Å². The highest BCUT2D eigenvalue weighted by atomic mass is 16.2. The first-order valence-corrected chi connectivity index (χ1v) is 10.1. The van der Waals surface area contributed by atoms with Crippen LogP contribution in [0.25, 0.3) is 0 Å². The number of anilines is 1. The molecular formula is C22H28N4O. The lowest BCUT2D eigenvalue weighted by Crippen LogP contribution is -2.44. The van der Waals surface area contributed by atoms with E-state index in [1.54, 1.807) is 6.20 Å². The van der Waals surface area contributed by atoms with Gasteiger partial charge in [0.05, 0.1) is 11.7 Å². The van der Waals surface area contributed by atoms with E-state index < -0.39 is 0 Å². The van der Waals surface area contributed by atoms with Crippen molar-refractivity contribution in [3.05, 3.63) is 47.2 Å². The Balaban J connectivity index is 1.44. The molecule has 2 aliphatic heterocycles. The molecule has 2 aromatic rings. The van der Waals surface area contributed by atoms with Crippen LogP contribution in [0, 0.1) is 12.8 Å². The number of aromatic nitrogens is 2. The first kappa shape index (κ1) is 16.8. The van der Waals surface area contributed by atoms with Gasteiger partial charge in [0.25, 0.3) is 5.91 Å². The van der Waals surface area contributed by atoms with Crippen LogP contribution in [0.15, 0.2) is 30.5 Å². The summed E-state index contributed by atoms with van der Waals surface area (Å²) >= 11 is 0. The second kappa shape index (κ2) is 5.60. The highest BCUT2D eigenvalue weighted by Crippen LogP contribution is 2.54. The van der Waals surface area contributed by atoms with E-state index in [0.717, 1.165) is 37.4 Å². The van der Waals surface area contributed by atoms with E-state index in [0.29, 0.717) is 5.92 Å². The summed E-state index contributed by atoms with van der Waals surface area (Å²) in [6.07, 6.45) is 5.17. The predicted octanol–water partition coefficient (Wildman–Crippen LogP) is 3.55. The minimum absolute atomic E-state index is 0.0497. The number of fused-ring (bicyclic) bond motifs is 2. The van der Waals surface area contributed by atoms with Gasteiger partial charge in [0, 0.05) is 25.0 Å². The molecule has 1 saturated heterocycles. The Morgan fingerprint density at radius 2 is 2.15 bits per heavy atom. The van der Waals surface area contributed by atoms with Gasteiger partial charge < -0.3 is 10.2 Å². The third-order valence-electron chi connectivity index (χ3n) is 7.12. The third-order valence-corrected chi connectivity index (χ3v) is 7.12. The molecule has 27 heavy (non-hydrogen) atoms. The summed E-state index contributed by atoms with van der Waals surface area (Å²) in [4.78, 5) is 15.5. The second-order valence-electron chi connectivity index (χ2n) is 9.25. The summed E-state index contributed by atoms with van der Waals surface area (Å²) in [5, 5.41) is 7.96. The third kappa shape index (κ3) is 2.36. The summed E-state index contributed by atoms with van der Waals surface area (Å²) in [5.41, 5.74) is 3.54. The molecule has 1 saturated carbocycles. The van der Waals surface area contributed by atoms with Crippen LogP contribution in [0.5, 0.6) is 0 Å². The van der Waals surface area contributed by atoms with Crippen molar-refractivity contribution in [1.29, 1.82) is 0 Å². The van der Waals surface area contributed by atoms with E-state index in [1.807, 2.05) is 4.68 Å². The van der Waals surface area contributed by atoms with Gasteiger partial charge in [-0.2, -0.15) is 5.10 Å². The molecule has 1 aliphatic carbocycles. The Labute approximate surface area is 160 Å². The molecule has 2 fully saturated rings. The van der Waals surface area contributed by atoms with Gasteiger partial charge in [0.15, 0.2) is 0 Å². The van der Waals surface area contributed by atoms with Gasteiger partial charge in [0.1, 0.15) is 11.4 Å². The van der Waals surface area contributed by atoms with Crippen LogP contribution in [0.1, 0.15) is 54.6 Å². The number of benzene rings is 1. The largest absolute Gasteiger partial charge is 0.370 e.